The summed E-state index contributed by atoms with van der Waals surface area (Å²) in [4.78, 5) is 17.6. The average molecular weight is 392 g/mol. The summed E-state index contributed by atoms with van der Waals surface area (Å²) < 4.78 is 29.5. The number of rotatable bonds is 2. The number of aromatic nitrogens is 3. The second-order valence-electron chi connectivity index (χ2n) is 7.49. The molecule has 2 aliphatic rings. The van der Waals surface area contributed by atoms with Crippen LogP contribution in [-0.2, 0) is 4.79 Å². The van der Waals surface area contributed by atoms with Crippen LogP contribution in [0, 0.1) is 18.6 Å². The largest absolute Gasteiger partial charge is 0.328 e. The molecule has 1 aromatic heterocycles. The van der Waals surface area contributed by atoms with E-state index in [2.05, 4.69) is 15.4 Å². The number of anilines is 1. The Balaban J connectivity index is 1.65. The fourth-order valence-electron chi connectivity index (χ4n) is 4.32. The van der Waals surface area contributed by atoms with Crippen molar-refractivity contribution < 1.29 is 13.6 Å². The third-order valence-electron chi connectivity index (χ3n) is 5.50. The van der Waals surface area contributed by atoms with Crippen molar-refractivity contribution in [2.45, 2.75) is 31.7 Å². The van der Waals surface area contributed by atoms with Crippen molar-refractivity contribution in [3.63, 3.8) is 0 Å². The normalized spacial score (nSPS) is 20.9. The highest BCUT2D eigenvalue weighted by Crippen LogP contribution is 2.44. The van der Waals surface area contributed by atoms with Crippen LogP contribution < -0.4 is 5.32 Å². The molecule has 5 rings (SSSR count). The van der Waals surface area contributed by atoms with Gasteiger partial charge in [0.25, 0.3) is 0 Å². The standard InChI is InChI=1S/C22H18F2N4O/c1-12-25-22-26-18-9-14(13-5-3-2-4-6-13)10-19(29)20(18)21(28(22)27-12)15-7-16(23)11-17(24)8-15/h2-8,11,14,21H,9-10H2,1H3,(H,25,26,27)/t14-,21-/m1/s1. The lowest BCUT2D eigenvalue weighted by Gasteiger charge is -2.35. The number of carbonyl (C=O) groups is 1. The highest BCUT2D eigenvalue weighted by Gasteiger charge is 2.39. The Labute approximate surface area is 166 Å². The average Bonchev–Trinajstić information content (AvgIpc) is 3.05. The summed E-state index contributed by atoms with van der Waals surface area (Å²) in [5.74, 6) is -0.413. The Morgan fingerprint density at radius 2 is 1.76 bits per heavy atom. The first-order valence-corrected chi connectivity index (χ1v) is 9.47. The van der Waals surface area contributed by atoms with E-state index in [0.29, 0.717) is 35.8 Å². The molecule has 7 heteroatoms. The smallest absolute Gasteiger partial charge is 0.226 e. The van der Waals surface area contributed by atoms with Gasteiger partial charge in [-0.15, -0.1) is 0 Å². The Kier molecular flexibility index (Phi) is 4.04. The number of ketones is 1. The molecule has 2 aromatic carbocycles. The number of nitrogens with one attached hydrogen (secondary N) is 1. The highest BCUT2D eigenvalue weighted by atomic mass is 19.1. The van der Waals surface area contributed by atoms with Crippen molar-refractivity contribution in [1.82, 2.24) is 14.8 Å². The van der Waals surface area contributed by atoms with Crippen LogP contribution in [0.4, 0.5) is 14.7 Å². The lowest BCUT2D eigenvalue weighted by Crippen LogP contribution is -2.33. The zero-order valence-corrected chi connectivity index (χ0v) is 15.7. The van der Waals surface area contributed by atoms with Crippen molar-refractivity contribution in [2.24, 2.45) is 0 Å². The molecule has 2 heterocycles. The number of hydrogen-bond acceptors (Lipinski definition) is 4. The third kappa shape index (κ3) is 3.03. The zero-order valence-electron chi connectivity index (χ0n) is 15.7. The van der Waals surface area contributed by atoms with Gasteiger partial charge >= 0.3 is 0 Å². The molecule has 0 amide bonds. The Bertz CT molecular complexity index is 1130. The second-order valence-corrected chi connectivity index (χ2v) is 7.49. The van der Waals surface area contributed by atoms with Gasteiger partial charge < -0.3 is 5.32 Å². The molecule has 2 atom stereocenters. The molecule has 0 radical (unpaired) electrons. The van der Waals surface area contributed by atoms with Gasteiger partial charge in [-0.1, -0.05) is 30.3 Å². The minimum absolute atomic E-state index is 0.0374. The van der Waals surface area contributed by atoms with Crippen LogP contribution in [-0.4, -0.2) is 20.5 Å². The summed E-state index contributed by atoms with van der Waals surface area (Å²) in [7, 11) is 0. The van der Waals surface area contributed by atoms with E-state index >= 15 is 0 Å². The SMILES string of the molecule is Cc1nc2n(n1)[C@H](c1cc(F)cc(F)c1)C1=C(C[C@@H](c3ccccc3)CC1=O)N2. The molecule has 1 N–H and O–H groups in total. The molecule has 0 fully saturated rings. The van der Waals surface area contributed by atoms with Gasteiger partial charge in [0.15, 0.2) is 5.78 Å². The summed E-state index contributed by atoms with van der Waals surface area (Å²) in [5, 5.41) is 7.62. The minimum atomic E-state index is -0.711. The van der Waals surface area contributed by atoms with Gasteiger partial charge in [0.1, 0.15) is 23.5 Å². The molecule has 146 valence electrons. The monoisotopic (exact) mass is 392 g/mol. The van der Waals surface area contributed by atoms with Gasteiger partial charge in [-0.25, -0.2) is 13.5 Å². The first kappa shape index (κ1) is 17.7. The number of benzene rings is 2. The Morgan fingerprint density at radius 3 is 2.48 bits per heavy atom. The van der Waals surface area contributed by atoms with E-state index in [0.717, 1.165) is 17.3 Å². The number of nitrogens with zero attached hydrogens (tertiary/aromatic N) is 3. The van der Waals surface area contributed by atoms with E-state index in [1.165, 1.54) is 12.1 Å². The number of halogens is 2. The van der Waals surface area contributed by atoms with Crippen LogP contribution >= 0.6 is 0 Å². The van der Waals surface area contributed by atoms with Gasteiger partial charge in [0, 0.05) is 23.8 Å². The van der Waals surface area contributed by atoms with Gasteiger partial charge in [0.2, 0.25) is 5.95 Å². The lowest BCUT2D eigenvalue weighted by molar-refractivity contribution is -0.116. The molecule has 5 nitrogen and oxygen atoms in total. The fourth-order valence-corrected chi connectivity index (χ4v) is 4.32. The quantitative estimate of drug-likeness (QED) is 0.707. The van der Waals surface area contributed by atoms with Crippen LogP contribution in [0.1, 0.15) is 41.8 Å². The number of hydrogen-bond donors (Lipinski definition) is 1. The number of fused-ring (bicyclic) bond motifs is 1. The van der Waals surface area contributed by atoms with Crippen molar-refractivity contribution in [1.29, 1.82) is 0 Å². The zero-order chi connectivity index (χ0) is 20.1. The van der Waals surface area contributed by atoms with Crippen molar-refractivity contribution >= 4 is 11.7 Å². The molecule has 0 saturated carbocycles. The minimum Gasteiger partial charge on any atom is -0.328 e. The maximum absolute atomic E-state index is 14.0. The number of Topliss-reactive ketones (excluding diaryl/α,β-unsaturated/α-hetero) is 1. The van der Waals surface area contributed by atoms with Crippen LogP contribution in [0.2, 0.25) is 0 Å². The summed E-state index contributed by atoms with van der Waals surface area (Å²) in [6, 6.07) is 12.5. The summed E-state index contributed by atoms with van der Waals surface area (Å²) in [6.45, 7) is 1.74. The van der Waals surface area contributed by atoms with Crippen LogP contribution in [0.5, 0.6) is 0 Å². The van der Waals surface area contributed by atoms with E-state index < -0.39 is 17.7 Å². The van der Waals surface area contributed by atoms with Crippen molar-refractivity contribution in [2.75, 3.05) is 5.32 Å². The molecule has 0 saturated heterocycles. The maximum Gasteiger partial charge on any atom is 0.226 e. The van der Waals surface area contributed by atoms with E-state index in [1.54, 1.807) is 11.6 Å². The van der Waals surface area contributed by atoms with Crippen LogP contribution in [0.25, 0.3) is 0 Å². The molecule has 29 heavy (non-hydrogen) atoms. The summed E-state index contributed by atoms with van der Waals surface area (Å²) in [6.07, 6.45) is 0.952. The number of aryl methyl sites for hydroxylation is 1. The molecule has 0 bridgehead atoms. The van der Waals surface area contributed by atoms with Gasteiger partial charge in [-0.05, 0) is 42.5 Å². The molecular formula is C22H18F2N4O. The van der Waals surface area contributed by atoms with Crippen LogP contribution in [0.15, 0.2) is 59.8 Å². The Morgan fingerprint density at radius 1 is 1.03 bits per heavy atom. The van der Waals surface area contributed by atoms with Crippen molar-refractivity contribution in [3.8, 4) is 0 Å². The molecule has 3 aromatic rings. The molecule has 1 aliphatic carbocycles. The first-order chi connectivity index (χ1) is 14.0. The second kappa shape index (κ2) is 6.62. The summed E-state index contributed by atoms with van der Waals surface area (Å²) >= 11 is 0. The number of allylic oxidation sites excluding steroid dienone is 2. The predicted molar refractivity (Wildman–Crippen MR) is 103 cm³/mol. The van der Waals surface area contributed by atoms with Crippen molar-refractivity contribution in [3.05, 3.63) is 88.4 Å². The molecular weight excluding hydrogens is 374 g/mol. The number of carbonyl (C=O) groups excluding carboxylic acids is 1. The van der Waals surface area contributed by atoms with Gasteiger partial charge in [-0.3, -0.25) is 4.79 Å². The maximum atomic E-state index is 14.0. The van der Waals surface area contributed by atoms with E-state index in [-0.39, 0.29) is 11.7 Å². The molecule has 0 spiro atoms. The molecule has 0 unspecified atom stereocenters. The predicted octanol–water partition coefficient (Wildman–Crippen LogP) is 4.28. The first-order valence-electron chi connectivity index (χ1n) is 9.47. The topological polar surface area (TPSA) is 59.8 Å². The summed E-state index contributed by atoms with van der Waals surface area (Å²) in [5.41, 5.74) is 2.67. The fraction of sp³-hybridized carbons (Fsp3) is 0.227. The van der Waals surface area contributed by atoms with E-state index in [4.69, 9.17) is 0 Å². The third-order valence-corrected chi connectivity index (χ3v) is 5.50. The molecule has 1 aliphatic heterocycles. The van der Waals surface area contributed by atoms with Gasteiger partial charge in [-0.2, -0.15) is 10.1 Å². The van der Waals surface area contributed by atoms with E-state index in [9.17, 15) is 13.6 Å². The van der Waals surface area contributed by atoms with Gasteiger partial charge in [0.05, 0.1) is 0 Å². The Hall–Kier alpha value is -3.35. The highest BCUT2D eigenvalue weighted by molar-refractivity contribution is 6.00. The van der Waals surface area contributed by atoms with Crippen LogP contribution in [0.3, 0.4) is 0 Å². The van der Waals surface area contributed by atoms with E-state index in [1.807, 2.05) is 30.3 Å². The lowest BCUT2D eigenvalue weighted by atomic mass is 9.78.